The molecular weight excluding hydrogens is 128 g/mol. The van der Waals surface area contributed by atoms with Gasteiger partial charge in [-0.1, -0.05) is 0 Å². The number of hydrogen-bond acceptors (Lipinski definition) is 4. The lowest BCUT2D eigenvalue weighted by atomic mass is 10.6. The molecule has 0 aliphatic rings. The van der Waals surface area contributed by atoms with Gasteiger partial charge in [0, 0.05) is 19.4 Å². The van der Waals surface area contributed by atoms with E-state index in [4.69, 9.17) is 5.73 Å². The molecule has 0 aromatic carbocycles. The van der Waals surface area contributed by atoms with E-state index < -0.39 is 0 Å². The van der Waals surface area contributed by atoms with E-state index >= 15 is 0 Å². The molecule has 2 N–H and O–H groups in total. The highest BCUT2D eigenvalue weighted by Crippen LogP contribution is 1.97. The highest BCUT2D eigenvalue weighted by atomic mass is 15.3. The number of aromatic nitrogens is 2. The third-order valence-electron chi connectivity index (χ3n) is 1.17. The van der Waals surface area contributed by atoms with E-state index in [2.05, 4.69) is 9.97 Å². The Kier molecular flexibility index (Phi) is 2.17. The summed E-state index contributed by atoms with van der Waals surface area (Å²) in [6.07, 6.45) is 3.38. The van der Waals surface area contributed by atoms with Crippen LogP contribution in [0, 0.1) is 0 Å². The Balaban J connectivity index is 2.75. The minimum absolute atomic E-state index is 0.435. The summed E-state index contributed by atoms with van der Waals surface area (Å²) in [4.78, 5) is 9.73. The van der Waals surface area contributed by atoms with Gasteiger partial charge in [0.25, 0.3) is 0 Å². The summed E-state index contributed by atoms with van der Waals surface area (Å²) in [6.45, 7) is 0.435. The molecule has 10 heavy (non-hydrogen) atoms. The van der Waals surface area contributed by atoms with Gasteiger partial charge in [-0.05, 0) is 6.07 Å². The maximum Gasteiger partial charge on any atom is 0.226 e. The van der Waals surface area contributed by atoms with Gasteiger partial charge in [0.2, 0.25) is 5.95 Å². The molecule has 0 radical (unpaired) electrons. The second-order valence-corrected chi connectivity index (χ2v) is 1.93. The van der Waals surface area contributed by atoms with Crippen molar-refractivity contribution in [2.45, 2.75) is 0 Å². The SMILES string of the molecule is CN(CN)c1ncccn1. The Hall–Kier alpha value is -1.16. The Morgan fingerprint density at radius 1 is 1.50 bits per heavy atom. The highest BCUT2D eigenvalue weighted by molar-refractivity contribution is 5.25. The maximum atomic E-state index is 5.35. The predicted molar refractivity (Wildman–Crippen MR) is 39.5 cm³/mol. The Morgan fingerprint density at radius 2 is 2.10 bits per heavy atom. The van der Waals surface area contributed by atoms with Gasteiger partial charge in [-0.2, -0.15) is 0 Å². The van der Waals surface area contributed by atoms with Crippen LogP contribution in [0.15, 0.2) is 18.5 Å². The summed E-state index contributed by atoms with van der Waals surface area (Å²) in [5, 5.41) is 0. The van der Waals surface area contributed by atoms with E-state index in [1.165, 1.54) is 0 Å². The minimum Gasteiger partial charge on any atom is -0.331 e. The lowest BCUT2D eigenvalue weighted by Crippen LogP contribution is -2.26. The zero-order valence-electron chi connectivity index (χ0n) is 5.86. The molecule has 1 heterocycles. The second kappa shape index (κ2) is 3.12. The molecule has 1 rings (SSSR count). The molecule has 0 aliphatic heterocycles. The van der Waals surface area contributed by atoms with Gasteiger partial charge in [-0.15, -0.1) is 0 Å². The van der Waals surface area contributed by atoms with E-state index in [1.54, 1.807) is 23.4 Å². The smallest absolute Gasteiger partial charge is 0.226 e. The van der Waals surface area contributed by atoms with Gasteiger partial charge >= 0.3 is 0 Å². The fourth-order valence-electron chi connectivity index (χ4n) is 0.570. The molecule has 0 saturated carbocycles. The minimum atomic E-state index is 0.435. The molecule has 4 nitrogen and oxygen atoms in total. The Labute approximate surface area is 59.7 Å². The molecule has 0 aliphatic carbocycles. The van der Waals surface area contributed by atoms with E-state index in [9.17, 15) is 0 Å². The molecule has 0 saturated heterocycles. The molecule has 0 amide bonds. The molecule has 0 bridgehead atoms. The van der Waals surface area contributed by atoms with Crippen LogP contribution in [-0.2, 0) is 0 Å². The first-order valence-corrected chi connectivity index (χ1v) is 3.03. The predicted octanol–water partition coefficient (Wildman–Crippen LogP) is -0.171. The van der Waals surface area contributed by atoms with E-state index in [0.717, 1.165) is 0 Å². The van der Waals surface area contributed by atoms with Crippen molar-refractivity contribution in [2.24, 2.45) is 5.73 Å². The first kappa shape index (κ1) is 6.95. The van der Waals surface area contributed by atoms with Gasteiger partial charge in [0.05, 0.1) is 6.67 Å². The highest BCUT2D eigenvalue weighted by Gasteiger charge is 1.96. The van der Waals surface area contributed by atoms with Crippen LogP contribution in [0.5, 0.6) is 0 Å². The van der Waals surface area contributed by atoms with Crippen LogP contribution in [0.4, 0.5) is 5.95 Å². The molecule has 54 valence electrons. The van der Waals surface area contributed by atoms with Crippen LogP contribution in [0.2, 0.25) is 0 Å². The maximum absolute atomic E-state index is 5.35. The summed E-state index contributed by atoms with van der Waals surface area (Å²) in [6, 6.07) is 1.77. The van der Waals surface area contributed by atoms with E-state index in [-0.39, 0.29) is 0 Å². The number of hydrogen-bond donors (Lipinski definition) is 1. The molecule has 1 aromatic rings. The molecule has 1 aromatic heterocycles. The lowest BCUT2D eigenvalue weighted by molar-refractivity contribution is 0.877. The van der Waals surface area contributed by atoms with E-state index in [1.807, 2.05) is 7.05 Å². The van der Waals surface area contributed by atoms with Crippen molar-refractivity contribution in [1.82, 2.24) is 9.97 Å². The van der Waals surface area contributed by atoms with Crippen LogP contribution in [0.25, 0.3) is 0 Å². The van der Waals surface area contributed by atoms with Crippen molar-refractivity contribution in [3.63, 3.8) is 0 Å². The van der Waals surface area contributed by atoms with E-state index in [0.29, 0.717) is 12.6 Å². The van der Waals surface area contributed by atoms with Gasteiger partial charge in [-0.3, -0.25) is 0 Å². The molecule has 4 heteroatoms. The average molecular weight is 138 g/mol. The number of rotatable bonds is 2. The molecular formula is C6H10N4. The zero-order chi connectivity index (χ0) is 7.40. The monoisotopic (exact) mass is 138 g/mol. The first-order chi connectivity index (χ1) is 4.84. The Morgan fingerprint density at radius 3 is 2.60 bits per heavy atom. The molecule has 0 fully saturated rings. The summed E-state index contributed by atoms with van der Waals surface area (Å²) in [5.41, 5.74) is 5.35. The van der Waals surface area contributed by atoms with Gasteiger partial charge in [-0.25, -0.2) is 9.97 Å². The standard InChI is InChI=1S/C6H10N4/c1-10(5-7)6-8-3-2-4-9-6/h2-4H,5,7H2,1H3. The fourth-order valence-corrected chi connectivity index (χ4v) is 0.570. The van der Waals surface area contributed by atoms with Crippen LogP contribution >= 0.6 is 0 Å². The van der Waals surface area contributed by atoms with Crippen LogP contribution < -0.4 is 10.6 Å². The third-order valence-corrected chi connectivity index (χ3v) is 1.17. The average Bonchev–Trinajstić information content (AvgIpc) is 2.05. The van der Waals surface area contributed by atoms with Crippen LogP contribution in [0.3, 0.4) is 0 Å². The molecule has 0 spiro atoms. The number of anilines is 1. The van der Waals surface area contributed by atoms with Crippen molar-refractivity contribution in [3.05, 3.63) is 18.5 Å². The third kappa shape index (κ3) is 1.41. The van der Waals surface area contributed by atoms with Crippen molar-refractivity contribution in [1.29, 1.82) is 0 Å². The lowest BCUT2D eigenvalue weighted by Gasteiger charge is -2.12. The summed E-state index contributed by atoms with van der Waals surface area (Å²) in [7, 11) is 1.84. The topological polar surface area (TPSA) is 55.0 Å². The summed E-state index contributed by atoms with van der Waals surface area (Å²) >= 11 is 0. The fraction of sp³-hybridized carbons (Fsp3) is 0.333. The number of nitrogens with zero attached hydrogens (tertiary/aromatic N) is 3. The largest absolute Gasteiger partial charge is 0.331 e. The van der Waals surface area contributed by atoms with Crippen molar-refractivity contribution in [2.75, 3.05) is 18.6 Å². The van der Waals surface area contributed by atoms with Crippen molar-refractivity contribution < 1.29 is 0 Å². The van der Waals surface area contributed by atoms with Gasteiger partial charge in [0.1, 0.15) is 0 Å². The van der Waals surface area contributed by atoms with Crippen LogP contribution in [0.1, 0.15) is 0 Å². The quantitative estimate of drug-likeness (QED) is 0.576. The first-order valence-electron chi connectivity index (χ1n) is 3.03. The normalized spacial score (nSPS) is 9.40. The van der Waals surface area contributed by atoms with Crippen LogP contribution in [-0.4, -0.2) is 23.7 Å². The van der Waals surface area contributed by atoms with Gasteiger partial charge < -0.3 is 10.6 Å². The second-order valence-electron chi connectivity index (χ2n) is 1.93. The summed E-state index contributed by atoms with van der Waals surface area (Å²) in [5.74, 6) is 0.657. The number of nitrogens with two attached hydrogens (primary N) is 1. The Bertz CT molecular complexity index is 186. The molecule has 0 atom stereocenters. The van der Waals surface area contributed by atoms with Crippen molar-refractivity contribution in [3.8, 4) is 0 Å². The summed E-state index contributed by atoms with van der Waals surface area (Å²) < 4.78 is 0. The van der Waals surface area contributed by atoms with Crippen molar-refractivity contribution >= 4 is 5.95 Å². The molecule has 0 unspecified atom stereocenters. The zero-order valence-corrected chi connectivity index (χ0v) is 5.86. The van der Waals surface area contributed by atoms with Gasteiger partial charge in [0.15, 0.2) is 0 Å².